The van der Waals surface area contributed by atoms with Gasteiger partial charge in [0.1, 0.15) is 6.04 Å². The number of carbonyl (C=O) groups is 2. The molecule has 1 saturated heterocycles. The molecular formula is C15H18N6O3. The van der Waals surface area contributed by atoms with Gasteiger partial charge < -0.3 is 15.0 Å². The number of nitrogens with one attached hydrogen (secondary N) is 1. The van der Waals surface area contributed by atoms with E-state index in [1.165, 1.54) is 4.80 Å². The van der Waals surface area contributed by atoms with Gasteiger partial charge >= 0.3 is 6.09 Å². The highest BCUT2D eigenvalue weighted by Crippen LogP contribution is 2.24. The maximum Gasteiger partial charge on any atom is 0.409 e. The molecule has 9 nitrogen and oxygen atoms in total. The van der Waals surface area contributed by atoms with Crippen molar-refractivity contribution in [2.24, 2.45) is 0 Å². The number of hydrogen-bond donors (Lipinski definition) is 1. The number of rotatable bonds is 5. The normalized spacial score (nSPS) is 14.2. The van der Waals surface area contributed by atoms with E-state index >= 15 is 0 Å². The zero-order valence-corrected chi connectivity index (χ0v) is 13.5. The first-order valence-corrected chi connectivity index (χ1v) is 7.64. The summed E-state index contributed by atoms with van der Waals surface area (Å²) >= 11 is 0. The molecule has 1 aliphatic rings. The molecule has 1 N–H and O–H groups in total. The van der Waals surface area contributed by atoms with E-state index in [0.29, 0.717) is 37.6 Å². The predicted molar refractivity (Wildman–Crippen MR) is 85.3 cm³/mol. The average molecular weight is 330 g/mol. The van der Waals surface area contributed by atoms with Crippen molar-refractivity contribution < 1.29 is 14.3 Å². The van der Waals surface area contributed by atoms with Crippen molar-refractivity contribution >= 4 is 18.2 Å². The van der Waals surface area contributed by atoms with Crippen LogP contribution < -0.4 is 5.32 Å². The minimum absolute atomic E-state index is 0.00586. The number of ether oxygens (including phenoxy) is 1. The summed E-state index contributed by atoms with van der Waals surface area (Å²) in [5.74, 6) is 0.471. The molecule has 1 aromatic carbocycles. The molecule has 1 aromatic heterocycles. The van der Waals surface area contributed by atoms with E-state index in [1.54, 1.807) is 17.9 Å². The summed E-state index contributed by atoms with van der Waals surface area (Å²) in [5.41, 5.74) is 2.41. The van der Waals surface area contributed by atoms with Gasteiger partial charge in [-0.1, -0.05) is 12.1 Å². The molecule has 0 radical (unpaired) electrons. The summed E-state index contributed by atoms with van der Waals surface area (Å²) in [6.07, 6.45) is 0.312. The Balaban J connectivity index is 1.70. The molecule has 126 valence electrons. The zero-order valence-electron chi connectivity index (χ0n) is 13.5. The summed E-state index contributed by atoms with van der Waals surface area (Å²) in [5, 5.41) is 15.1. The lowest BCUT2D eigenvalue weighted by Crippen LogP contribution is -2.51. The molecule has 2 amide bonds. The van der Waals surface area contributed by atoms with E-state index < -0.39 is 0 Å². The molecule has 2 aromatic rings. The van der Waals surface area contributed by atoms with E-state index in [4.69, 9.17) is 4.74 Å². The smallest absolute Gasteiger partial charge is 0.409 e. The number of anilines is 1. The van der Waals surface area contributed by atoms with Crippen LogP contribution in [0.2, 0.25) is 0 Å². The van der Waals surface area contributed by atoms with E-state index in [0.717, 1.165) is 11.1 Å². The molecule has 0 aliphatic carbocycles. The third kappa shape index (κ3) is 3.05. The molecule has 0 spiro atoms. The molecule has 0 saturated carbocycles. The number of carbonyl (C=O) groups excluding carboxylic acids is 2. The lowest BCUT2D eigenvalue weighted by atomic mass is 10.1. The number of likely N-dealkylation sites (tertiary alicyclic amines) is 1. The standard InChI is InChI=1S/C15H18N6O3/c1-3-24-15(23)20-7-12(8-20)21-18-14(17-19-21)11-5-4-10(2)13(6-11)16-9-22/h4-6,9,12H,3,7-8H2,1-2H3,(H,16,22). The van der Waals surface area contributed by atoms with Gasteiger partial charge in [-0.2, -0.15) is 4.80 Å². The summed E-state index contributed by atoms with van der Waals surface area (Å²) in [7, 11) is 0. The topological polar surface area (TPSA) is 102 Å². The van der Waals surface area contributed by atoms with Crippen molar-refractivity contribution in [3.05, 3.63) is 23.8 Å². The number of nitrogens with zero attached hydrogens (tertiary/aromatic N) is 5. The number of hydrogen-bond acceptors (Lipinski definition) is 6. The van der Waals surface area contributed by atoms with Crippen LogP contribution in [-0.4, -0.2) is 57.3 Å². The summed E-state index contributed by atoms with van der Waals surface area (Å²) < 4.78 is 4.94. The van der Waals surface area contributed by atoms with Crippen molar-refractivity contribution in [1.82, 2.24) is 25.1 Å². The van der Waals surface area contributed by atoms with Crippen LogP contribution in [0.4, 0.5) is 10.5 Å². The van der Waals surface area contributed by atoms with Crippen molar-refractivity contribution in [3.63, 3.8) is 0 Å². The van der Waals surface area contributed by atoms with Crippen molar-refractivity contribution in [2.45, 2.75) is 19.9 Å². The second-order valence-electron chi connectivity index (χ2n) is 5.48. The Labute approximate surface area is 138 Å². The van der Waals surface area contributed by atoms with Gasteiger partial charge in [-0.15, -0.1) is 10.2 Å². The maximum absolute atomic E-state index is 11.6. The highest BCUT2D eigenvalue weighted by atomic mass is 16.6. The van der Waals surface area contributed by atoms with Gasteiger partial charge in [0.15, 0.2) is 0 Å². The van der Waals surface area contributed by atoms with Crippen molar-refractivity contribution in [3.8, 4) is 11.4 Å². The van der Waals surface area contributed by atoms with E-state index in [2.05, 4.69) is 20.7 Å². The quantitative estimate of drug-likeness (QED) is 0.827. The van der Waals surface area contributed by atoms with Crippen LogP contribution in [0.3, 0.4) is 0 Å². The molecule has 0 unspecified atom stereocenters. The Hall–Kier alpha value is -2.97. The molecule has 1 aliphatic heterocycles. The number of benzene rings is 1. The minimum atomic E-state index is -0.322. The molecule has 2 heterocycles. The number of amides is 2. The first-order chi connectivity index (χ1) is 11.6. The summed E-state index contributed by atoms with van der Waals surface area (Å²) in [6.45, 7) is 5.03. The fraction of sp³-hybridized carbons (Fsp3) is 0.400. The Bertz CT molecular complexity index is 753. The lowest BCUT2D eigenvalue weighted by molar-refractivity contribution is -0.105. The van der Waals surface area contributed by atoms with Gasteiger partial charge in [-0.25, -0.2) is 4.79 Å². The van der Waals surface area contributed by atoms with Gasteiger partial charge in [0, 0.05) is 11.3 Å². The molecule has 9 heteroatoms. The first-order valence-electron chi connectivity index (χ1n) is 7.64. The van der Waals surface area contributed by atoms with Crippen molar-refractivity contribution in [2.75, 3.05) is 25.0 Å². The van der Waals surface area contributed by atoms with E-state index in [-0.39, 0.29) is 12.1 Å². The fourth-order valence-electron chi connectivity index (χ4n) is 2.44. The number of aryl methyl sites for hydroxylation is 1. The highest BCUT2D eigenvalue weighted by Gasteiger charge is 2.34. The third-order valence-electron chi connectivity index (χ3n) is 3.85. The molecule has 1 fully saturated rings. The van der Waals surface area contributed by atoms with Gasteiger partial charge in [-0.05, 0) is 30.7 Å². The van der Waals surface area contributed by atoms with Crippen LogP contribution in [0.15, 0.2) is 18.2 Å². The summed E-state index contributed by atoms with van der Waals surface area (Å²) in [4.78, 5) is 25.3. The molecular weight excluding hydrogens is 312 g/mol. The minimum Gasteiger partial charge on any atom is -0.450 e. The zero-order chi connectivity index (χ0) is 17.1. The monoisotopic (exact) mass is 330 g/mol. The van der Waals surface area contributed by atoms with E-state index in [1.807, 2.05) is 19.1 Å². The van der Waals surface area contributed by atoms with Gasteiger partial charge in [-0.3, -0.25) is 4.79 Å². The van der Waals surface area contributed by atoms with Crippen LogP contribution in [-0.2, 0) is 9.53 Å². The second kappa shape index (κ2) is 6.65. The Kier molecular flexibility index (Phi) is 4.41. The largest absolute Gasteiger partial charge is 0.450 e. The molecule has 3 rings (SSSR count). The summed E-state index contributed by atoms with van der Waals surface area (Å²) in [6, 6.07) is 5.55. The van der Waals surface area contributed by atoms with Crippen LogP contribution in [0.1, 0.15) is 18.5 Å². The SMILES string of the molecule is CCOC(=O)N1CC(n2nnc(-c3ccc(C)c(NC=O)c3)n2)C1. The first kappa shape index (κ1) is 15.9. The van der Waals surface area contributed by atoms with Gasteiger partial charge in [0.25, 0.3) is 0 Å². The maximum atomic E-state index is 11.6. The van der Waals surface area contributed by atoms with Gasteiger partial charge in [0.2, 0.25) is 12.2 Å². The molecule has 0 bridgehead atoms. The molecule has 0 atom stereocenters. The Morgan fingerprint density at radius 3 is 2.96 bits per heavy atom. The fourth-order valence-corrected chi connectivity index (χ4v) is 2.44. The van der Waals surface area contributed by atoms with E-state index in [9.17, 15) is 9.59 Å². The predicted octanol–water partition coefficient (Wildman–Crippen LogP) is 1.23. The number of aromatic nitrogens is 4. The molecule has 24 heavy (non-hydrogen) atoms. The number of tetrazole rings is 1. The highest BCUT2D eigenvalue weighted by molar-refractivity contribution is 5.76. The third-order valence-corrected chi connectivity index (χ3v) is 3.85. The lowest BCUT2D eigenvalue weighted by Gasteiger charge is -2.36. The van der Waals surface area contributed by atoms with Gasteiger partial charge in [0.05, 0.1) is 19.7 Å². The Morgan fingerprint density at radius 2 is 2.25 bits per heavy atom. The van der Waals surface area contributed by atoms with Crippen LogP contribution in [0.25, 0.3) is 11.4 Å². The second-order valence-corrected chi connectivity index (χ2v) is 5.48. The average Bonchev–Trinajstić information content (AvgIpc) is 2.98. The van der Waals surface area contributed by atoms with Crippen LogP contribution >= 0.6 is 0 Å². The van der Waals surface area contributed by atoms with Crippen LogP contribution in [0, 0.1) is 6.92 Å². The Morgan fingerprint density at radius 1 is 1.46 bits per heavy atom. The van der Waals surface area contributed by atoms with Crippen LogP contribution in [0.5, 0.6) is 0 Å². The van der Waals surface area contributed by atoms with Crippen molar-refractivity contribution in [1.29, 1.82) is 0 Å².